The second kappa shape index (κ2) is 6.36. The van der Waals surface area contributed by atoms with Crippen LogP contribution in [0.3, 0.4) is 0 Å². The van der Waals surface area contributed by atoms with Gasteiger partial charge in [-0.25, -0.2) is 8.42 Å². The zero-order valence-corrected chi connectivity index (χ0v) is 14.1. The fourth-order valence-corrected chi connectivity index (χ4v) is 4.37. The zero-order chi connectivity index (χ0) is 16.5. The highest BCUT2D eigenvalue weighted by Crippen LogP contribution is 2.22. The van der Waals surface area contributed by atoms with Crippen molar-refractivity contribution in [1.29, 1.82) is 0 Å². The van der Waals surface area contributed by atoms with Crippen LogP contribution in [0.5, 0.6) is 0 Å². The number of sulfonamides is 1. The van der Waals surface area contributed by atoms with Crippen LogP contribution < -0.4 is 5.73 Å². The molecule has 2 N–H and O–H groups in total. The van der Waals surface area contributed by atoms with Gasteiger partial charge < -0.3 is 5.73 Å². The van der Waals surface area contributed by atoms with E-state index in [0.29, 0.717) is 31.1 Å². The number of piperazine rings is 1. The maximum Gasteiger partial charge on any atom is 0.243 e. The molecule has 122 valence electrons. The maximum atomic E-state index is 12.7. The van der Waals surface area contributed by atoms with Gasteiger partial charge in [0.2, 0.25) is 15.9 Å². The lowest BCUT2D eigenvalue weighted by atomic mass is 10.2. The van der Waals surface area contributed by atoms with Gasteiger partial charge in [-0.2, -0.15) is 4.31 Å². The molecular formula is C15H23N3O3S. The summed E-state index contributed by atoms with van der Waals surface area (Å²) in [5.74, 6) is -0.384. The summed E-state index contributed by atoms with van der Waals surface area (Å²) >= 11 is 0. The van der Waals surface area contributed by atoms with Gasteiger partial charge in [-0.05, 0) is 32.4 Å². The molecule has 0 radical (unpaired) electrons. The Morgan fingerprint density at radius 1 is 1.18 bits per heavy atom. The van der Waals surface area contributed by atoms with E-state index in [1.54, 1.807) is 13.0 Å². The van der Waals surface area contributed by atoms with E-state index in [1.165, 1.54) is 4.31 Å². The monoisotopic (exact) mass is 325 g/mol. The van der Waals surface area contributed by atoms with Crippen molar-refractivity contribution < 1.29 is 13.2 Å². The number of primary amides is 1. The molecule has 1 aliphatic heterocycles. The first kappa shape index (κ1) is 16.9. The molecule has 1 aliphatic rings. The van der Waals surface area contributed by atoms with Crippen LogP contribution >= 0.6 is 0 Å². The highest BCUT2D eigenvalue weighted by atomic mass is 32.2. The molecule has 1 aromatic carbocycles. The second-order valence-electron chi connectivity index (χ2n) is 5.79. The van der Waals surface area contributed by atoms with Crippen molar-refractivity contribution in [2.45, 2.75) is 31.7 Å². The van der Waals surface area contributed by atoms with E-state index < -0.39 is 10.0 Å². The first-order valence-electron chi connectivity index (χ1n) is 7.34. The first-order valence-corrected chi connectivity index (χ1v) is 8.78. The third kappa shape index (κ3) is 3.31. The third-order valence-corrected chi connectivity index (χ3v) is 6.24. The molecular weight excluding hydrogens is 302 g/mol. The molecule has 1 aromatic rings. The Kier molecular flexibility index (Phi) is 4.89. The summed E-state index contributed by atoms with van der Waals surface area (Å²) < 4.78 is 27.0. The number of benzene rings is 1. The number of aryl methyl sites for hydroxylation is 2. The topological polar surface area (TPSA) is 83.7 Å². The van der Waals surface area contributed by atoms with Crippen molar-refractivity contribution in [3.63, 3.8) is 0 Å². The molecule has 6 nitrogen and oxygen atoms in total. The molecule has 1 amide bonds. The van der Waals surface area contributed by atoms with Crippen LogP contribution in [0.25, 0.3) is 0 Å². The molecule has 0 bridgehead atoms. The average molecular weight is 325 g/mol. The number of carbonyl (C=O) groups is 1. The van der Waals surface area contributed by atoms with Gasteiger partial charge in [0, 0.05) is 26.2 Å². The number of amides is 1. The summed E-state index contributed by atoms with van der Waals surface area (Å²) in [5, 5.41) is 0. The van der Waals surface area contributed by atoms with Gasteiger partial charge >= 0.3 is 0 Å². The molecule has 0 aliphatic carbocycles. The molecule has 1 atom stereocenters. The van der Waals surface area contributed by atoms with Gasteiger partial charge in [-0.3, -0.25) is 9.69 Å². The largest absolute Gasteiger partial charge is 0.368 e. The van der Waals surface area contributed by atoms with Crippen molar-refractivity contribution in [2.75, 3.05) is 26.2 Å². The standard InChI is InChI=1S/C15H23N3O3S/c1-11-4-5-14(12(2)10-11)22(20,21)18-8-6-17(7-9-18)13(3)15(16)19/h4-5,10,13H,6-9H2,1-3H3,(H2,16,19)/t13-/m1/s1. The molecule has 2 rings (SSSR count). The summed E-state index contributed by atoms with van der Waals surface area (Å²) in [5.41, 5.74) is 7.10. The molecule has 1 saturated heterocycles. The zero-order valence-electron chi connectivity index (χ0n) is 13.2. The normalized spacial score (nSPS) is 19.0. The van der Waals surface area contributed by atoms with Crippen molar-refractivity contribution >= 4 is 15.9 Å². The van der Waals surface area contributed by atoms with Crippen LogP contribution in [0.15, 0.2) is 23.1 Å². The van der Waals surface area contributed by atoms with E-state index in [-0.39, 0.29) is 11.9 Å². The van der Waals surface area contributed by atoms with E-state index >= 15 is 0 Å². The Balaban J connectivity index is 2.14. The fourth-order valence-electron chi connectivity index (χ4n) is 2.74. The maximum absolute atomic E-state index is 12.7. The molecule has 7 heteroatoms. The molecule has 0 saturated carbocycles. The van der Waals surface area contributed by atoms with Gasteiger partial charge in [0.05, 0.1) is 10.9 Å². The third-order valence-electron chi connectivity index (χ3n) is 4.18. The van der Waals surface area contributed by atoms with Crippen LogP contribution in [0.1, 0.15) is 18.1 Å². The van der Waals surface area contributed by atoms with Crippen molar-refractivity contribution in [3.05, 3.63) is 29.3 Å². The Hall–Kier alpha value is -1.44. The number of rotatable bonds is 4. The summed E-state index contributed by atoms with van der Waals surface area (Å²) in [4.78, 5) is 13.5. The molecule has 0 aromatic heterocycles. The Morgan fingerprint density at radius 2 is 1.77 bits per heavy atom. The molecule has 0 spiro atoms. The second-order valence-corrected chi connectivity index (χ2v) is 7.69. The molecule has 1 heterocycles. The van der Waals surface area contributed by atoms with Crippen LogP contribution in [-0.4, -0.2) is 55.8 Å². The molecule has 0 unspecified atom stereocenters. The first-order chi connectivity index (χ1) is 10.2. The Bertz CT molecular complexity index is 665. The van der Waals surface area contributed by atoms with E-state index in [2.05, 4.69) is 0 Å². The minimum absolute atomic E-state index is 0.356. The number of hydrogen-bond acceptors (Lipinski definition) is 4. The Morgan fingerprint density at radius 3 is 2.27 bits per heavy atom. The number of hydrogen-bond donors (Lipinski definition) is 1. The smallest absolute Gasteiger partial charge is 0.243 e. The molecule has 1 fully saturated rings. The average Bonchev–Trinajstić information content (AvgIpc) is 2.46. The van der Waals surface area contributed by atoms with Crippen molar-refractivity contribution in [1.82, 2.24) is 9.21 Å². The minimum atomic E-state index is -3.49. The van der Waals surface area contributed by atoms with Gasteiger partial charge in [-0.1, -0.05) is 17.7 Å². The lowest BCUT2D eigenvalue weighted by molar-refractivity contribution is -0.123. The van der Waals surface area contributed by atoms with Gasteiger partial charge in [0.15, 0.2) is 0 Å². The Labute approximate surface area is 131 Å². The van der Waals surface area contributed by atoms with Crippen molar-refractivity contribution in [2.24, 2.45) is 5.73 Å². The van der Waals surface area contributed by atoms with Crippen LogP contribution in [-0.2, 0) is 14.8 Å². The fraction of sp³-hybridized carbons (Fsp3) is 0.533. The van der Waals surface area contributed by atoms with Crippen LogP contribution in [0.2, 0.25) is 0 Å². The van der Waals surface area contributed by atoms with E-state index in [0.717, 1.165) is 11.1 Å². The number of carbonyl (C=O) groups excluding carboxylic acids is 1. The van der Waals surface area contributed by atoms with Gasteiger partial charge in [0.1, 0.15) is 0 Å². The molecule has 22 heavy (non-hydrogen) atoms. The predicted octanol–water partition coefficient (Wildman–Crippen LogP) is 0.484. The summed E-state index contributed by atoms with van der Waals surface area (Å²) in [6.07, 6.45) is 0. The highest BCUT2D eigenvalue weighted by Gasteiger charge is 2.31. The van der Waals surface area contributed by atoms with Gasteiger partial charge in [-0.15, -0.1) is 0 Å². The SMILES string of the molecule is Cc1ccc(S(=O)(=O)N2CCN([C@H](C)C(N)=O)CC2)c(C)c1. The van der Waals surface area contributed by atoms with Crippen LogP contribution in [0, 0.1) is 13.8 Å². The van der Waals surface area contributed by atoms with Crippen molar-refractivity contribution in [3.8, 4) is 0 Å². The van der Waals surface area contributed by atoms with E-state index in [1.807, 2.05) is 30.9 Å². The number of nitrogens with zero attached hydrogens (tertiary/aromatic N) is 2. The highest BCUT2D eigenvalue weighted by molar-refractivity contribution is 7.89. The number of nitrogens with two attached hydrogens (primary N) is 1. The summed E-state index contributed by atoms with van der Waals surface area (Å²) in [6, 6.07) is 4.98. The van der Waals surface area contributed by atoms with Crippen LogP contribution in [0.4, 0.5) is 0 Å². The lowest BCUT2D eigenvalue weighted by Crippen LogP contribution is -2.54. The summed E-state index contributed by atoms with van der Waals surface area (Å²) in [7, 11) is -3.49. The predicted molar refractivity (Wildman–Crippen MR) is 84.9 cm³/mol. The summed E-state index contributed by atoms with van der Waals surface area (Å²) in [6.45, 7) is 7.25. The van der Waals surface area contributed by atoms with E-state index in [4.69, 9.17) is 5.73 Å². The van der Waals surface area contributed by atoms with Gasteiger partial charge in [0.25, 0.3) is 0 Å². The lowest BCUT2D eigenvalue weighted by Gasteiger charge is -2.36. The minimum Gasteiger partial charge on any atom is -0.368 e. The van der Waals surface area contributed by atoms with E-state index in [9.17, 15) is 13.2 Å². The quantitative estimate of drug-likeness (QED) is 0.873.